The molecule has 0 bridgehead atoms. The van der Waals surface area contributed by atoms with Gasteiger partial charge in [-0.05, 0) is 50.8 Å². The number of esters is 1. The molecule has 0 aliphatic heterocycles. The van der Waals surface area contributed by atoms with Crippen LogP contribution >= 0.6 is 0 Å². The van der Waals surface area contributed by atoms with Crippen molar-refractivity contribution < 1.29 is 14.6 Å². The Kier molecular flexibility index (Phi) is 10.5. The predicted molar refractivity (Wildman–Crippen MR) is 80.5 cm³/mol. The van der Waals surface area contributed by atoms with Crippen molar-refractivity contribution in [2.45, 2.75) is 33.3 Å². The maximum Gasteiger partial charge on any atom is 0.330 e. The van der Waals surface area contributed by atoms with E-state index in [4.69, 9.17) is 4.74 Å². The van der Waals surface area contributed by atoms with Crippen LogP contribution in [-0.4, -0.2) is 23.8 Å². The van der Waals surface area contributed by atoms with E-state index in [2.05, 4.69) is 23.7 Å². The van der Waals surface area contributed by atoms with Crippen LogP contribution in [0.3, 0.4) is 0 Å². The van der Waals surface area contributed by atoms with Gasteiger partial charge in [0.05, 0.1) is 12.7 Å². The fraction of sp³-hybridized carbons (Fsp3) is 0.353. The Labute approximate surface area is 121 Å². The van der Waals surface area contributed by atoms with E-state index in [1.807, 2.05) is 26.8 Å². The van der Waals surface area contributed by atoms with Crippen LogP contribution < -0.4 is 0 Å². The summed E-state index contributed by atoms with van der Waals surface area (Å²) in [5.41, 5.74) is 0.879. The van der Waals surface area contributed by atoms with Gasteiger partial charge in [-0.2, -0.15) is 0 Å². The van der Waals surface area contributed by atoms with Gasteiger partial charge in [-0.3, -0.25) is 0 Å². The average Bonchev–Trinajstić information content (AvgIpc) is 2.36. The Morgan fingerprint density at radius 2 is 1.90 bits per heavy atom. The van der Waals surface area contributed by atoms with E-state index in [1.54, 1.807) is 12.2 Å². The third kappa shape index (κ3) is 12.2. The standard InChI is InChI=1S/C17H20O3/c1-4-5-6-7-8-9-10-11-16(18)12-13-20-17(19)14-15(2)3/h4-5,10-11,14,16,18H,12-13H2,1-3H3. The zero-order chi connectivity index (χ0) is 15.2. The lowest BCUT2D eigenvalue weighted by Crippen LogP contribution is -2.10. The van der Waals surface area contributed by atoms with Crippen molar-refractivity contribution >= 4 is 5.97 Å². The average molecular weight is 272 g/mol. The summed E-state index contributed by atoms with van der Waals surface area (Å²) >= 11 is 0. The summed E-state index contributed by atoms with van der Waals surface area (Å²) in [6, 6.07) is 0. The molecule has 0 aromatic rings. The highest BCUT2D eigenvalue weighted by Gasteiger charge is 2.01. The summed E-state index contributed by atoms with van der Waals surface area (Å²) in [6.45, 7) is 5.68. The van der Waals surface area contributed by atoms with E-state index in [1.165, 1.54) is 12.2 Å². The second-order valence-corrected chi connectivity index (χ2v) is 4.14. The lowest BCUT2D eigenvalue weighted by Gasteiger charge is -2.05. The molecule has 1 unspecified atom stereocenters. The fourth-order valence-corrected chi connectivity index (χ4v) is 1.05. The molecule has 3 heteroatoms. The summed E-state index contributed by atoms with van der Waals surface area (Å²) in [5, 5.41) is 9.58. The third-order valence-corrected chi connectivity index (χ3v) is 1.92. The van der Waals surface area contributed by atoms with E-state index in [-0.39, 0.29) is 12.6 Å². The third-order valence-electron chi connectivity index (χ3n) is 1.92. The number of carbonyl (C=O) groups excluding carboxylic acids is 1. The molecular formula is C17H20O3. The van der Waals surface area contributed by atoms with Crippen molar-refractivity contribution in [3.05, 3.63) is 36.0 Å². The highest BCUT2D eigenvalue weighted by molar-refractivity contribution is 5.82. The van der Waals surface area contributed by atoms with Crippen LogP contribution in [0.15, 0.2) is 36.0 Å². The minimum atomic E-state index is -0.688. The first kappa shape index (κ1) is 17.8. The molecule has 0 spiro atoms. The van der Waals surface area contributed by atoms with Crippen LogP contribution in [0.1, 0.15) is 27.2 Å². The number of aliphatic hydroxyl groups excluding tert-OH is 1. The van der Waals surface area contributed by atoms with Gasteiger partial charge >= 0.3 is 5.97 Å². The smallest absolute Gasteiger partial charge is 0.330 e. The second kappa shape index (κ2) is 11.8. The molecule has 0 amide bonds. The van der Waals surface area contributed by atoms with Crippen molar-refractivity contribution in [3.63, 3.8) is 0 Å². The Hall–Kier alpha value is -2.23. The van der Waals surface area contributed by atoms with Crippen LogP contribution in [0.4, 0.5) is 0 Å². The number of aliphatic hydroxyl groups is 1. The van der Waals surface area contributed by atoms with Gasteiger partial charge in [0.15, 0.2) is 0 Å². The van der Waals surface area contributed by atoms with Gasteiger partial charge in [0.1, 0.15) is 0 Å². The van der Waals surface area contributed by atoms with Gasteiger partial charge in [0.25, 0.3) is 0 Å². The first-order valence-corrected chi connectivity index (χ1v) is 6.35. The Bertz CT molecular complexity index is 498. The number of carbonyl (C=O) groups is 1. The molecule has 0 heterocycles. The maximum atomic E-state index is 11.2. The first-order chi connectivity index (χ1) is 9.56. The van der Waals surface area contributed by atoms with Crippen LogP contribution in [0, 0.1) is 23.7 Å². The predicted octanol–water partition coefficient (Wildman–Crippen LogP) is 2.39. The van der Waals surface area contributed by atoms with Gasteiger partial charge in [-0.25, -0.2) is 4.79 Å². The van der Waals surface area contributed by atoms with E-state index in [0.717, 1.165) is 5.57 Å². The molecule has 0 aliphatic carbocycles. The van der Waals surface area contributed by atoms with E-state index in [9.17, 15) is 9.90 Å². The van der Waals surface area contributed by atoms with Crippen molar-refractivity contribution in [1.29, 1.82) is 0 Å². The molecule has 0 aromatic carbocycles. The van der Waals surface area contributed by atoms with Gasteiger partial charge in [0.2, 0.25) is 0 Å². The normalized spacial score (nSPS) is 11.2. The van der Waals surface area contributed by atoms with Crippen LogP contribution in [0.2, 0.25) is 0 Å². The number of hydrogen-bond acceptors (Lipinski definition) is 3. The summed E-state index contributed by atoms with van der Waals surface area (Å²) in [4.78, 5) is 11.2. The SMILES string of the molecule is CC=CC#CC#CC=CC(O)CCOC(=O)C=C(C)C. The van der Waals surface area contributed by atoms with Gasteiger partial charge in [-0.1, -0.05) is 23.5 Å². The number of rotatable bonds is 5. The minimum Gasteiger partial charge on any atom is -0.462 e. The highest BCUT2D eigenvalue weighted by Crippen LogP contribution is 1.96. The highest BCUT2D eigenvalue weighted by atomic mass is 16.5. The number of allylic oxidation sites excluding steroid dienone is 4. The van der Waals surface area contributed by atoms with E-state index >= 15 is 0 Å². The van der Waals surface area contributed by atoms with Crippen LogP contribution in [0.25, 0.3) is 0 Å². The van der Waals surface area contributed by atoms with Crippen LogP contribution in [0.5, 0.6) is 0 Å². The molecule has 3 nitrogen and oxygen atoms in total. The quantitative estimate of drug-likeness (QED) is 0.475. The Balaban J connectivity index is 3.95. The zero-order valence-corrected chi connectivity index (χ0v) is 12.1. The topological polar surface area (TPSA) is 46.5 Å². The Morgan fingerprint density at radius 3 is 2.50 bits per heavy atom. The zero-order valence-electron chi connectivity index (χ0n) is 12.1. The van der Waals surface area contributed by atoms with Crippen LogP contribution in [-0.2, 0) is 9.53 Å². The number of hydrogen-bond donors (Lipinski definition) is 1. The first-order valence-electron chi connectivity index (χ1n) is 6.35. The van der Waals surface area contributed by atoms with Gasteiger partial charge in [-0.15, -0.1) is 0 Å². The van der Waals surface area contributed by atoms with Gasteiger partial charge < -0.3 is 9.84 Å². The number of ether oxygens (including phenoxy) is 1. The lowest BCUT2D eigenvalue weighted by molar-refractivity contribution is -0.138. The van der Waals surface area contributed by atoms with E-state index < -0.39 is 6.10 Å². The summed E-state index contributed by atoms with van der Waals surface area (Å²) in [6.07, 6.45) is 7.67. The Morgan fingerprint density at radius 1 is 1.25 bits per heavy atom. The molecule has 1 N–H and O–H groups in total. The van der Waals surface area contributed by atoms with E-state index in [0.29, 0.717) is 6.42 Å². The molecule has 0 aromatic heterocycles. The van der Waals surface area contributed by atoms with Crippen molar-refractivity contribution in [2.24, 2.45) is 0 Å². The molecule has 0 aliphatic rings. The summed E-state index contributed by atoms with van der Waals surface area (Å²) in [5.74, 6) is 10.3. The molecule has 106 valence electrons. The molecule has 0 radical (unpaired) electrons. The maximum absolute atomic E-state index is 11.2. The molecule has 0 fully saturated rings. The molecule has 0 saturated carbocycles. The van der Waals surface area contributed by atoms with Crippen molar-refractivity contribution in [1.82, 2.24) is 0 Å². The minimum absolute atomic E-state index is 0.169. The monoisotopic (exact) mass is 272 g/mol. The fourth-order valence-electron chi connectivity index (χ4n) is 1.05. The summed E-state index contributed by atoms with van der Waals surface area (Å²) < 4.78 is 4.92. The summed E-state index contributed by atoms with van der Waals surface area (Å²) in [7, 11) is 0. The molecule has 0 saturated heterocycles. The molecule has 20 heavy (non-hydrogen) atoms. The van der Waals surface area contributed by atoms with Crippen molar-refractivity contribution in [3.8, 4) is 23.7 Å². The molecular weight excluding hydrogens is 252 g/mol. The van der Waals surface area contributed by atoms with Crippen molar-refractivity contribution in [2.75, 3.05) is 6.61 Å². The lowest BCUT2D eigenvalue weighted by atomic mass is 10.2. The largest absolute Gasteiger partial charge is 0.462 e. The molecule has 0 rings (SSSR count). The second-order valence-electron chi connectivity index (χ2n) is 4.14. The van der Waals surface area contributed by atoms with Gasteiger partial charge in [0, 0.05) is 12.5 Å². The molecule has 1 atom stereocenters.